The lowest BCUT2D eigenvalue weighted by Gasteiger charge is -2.38. The number of benzene rings is 5. The molecule has 0 aliphatic carbocycles. The molecule has 262 valence electrons. The van der Waals surface area contributed by atoms with Crippen LogP contribution < -0.4 is 21.3 Å². The minimum atomic E-state index is -0.759. The summed E-state index contributed by atoms with van der Waals surface area (Å²) in [5, 5.41) is 35.3. The number of nitrogens with one attached hydrogen (secondary N) is 4. The monoisotopic (exact) mass is 684 g/mol. The Morgan fingerprint density at radius 2 is 1.27 bits per heavy atom. The molecule has 0 spiro atoms. The second-order valence-electron chi connectivity index (χ2n) is 13.2. The number of fused-ring (bicyclic) bond motifs is 1. The Labute approximate surface area is 298 Å². The fourth-order valence-electron chi connectivity index (χ4n) is 6.01. The summed E-state index contributed by atoms with van der Waals surface area (Å²) in [5.41, 5.74) is 4.00. The summed E-state index contributed by atoms with van der Waals surface area (Å²) in [6, 6.07) is 31.7. The van der Waals surface area contributed by atoms with E-state index in [1.54, 1.807) is 0 Å². The van der Waals surface area contributed by atoms with Crippen LogP contribution in [0.1, 0.15) is 46.5 Å². The Bertz CT molecular complexity index is 2050. The maximum atomic E-state index is 12.6. The predicted octanol–water partition coefficient (Wildman–Crippen LogP) is 9.60. The summed E-state index contributed by atoms with van der Waals surface area (Å²) in [7, 11) is 0. The van der Waals surface area contributed by atoms with E-state index in [0.717, 1.165) is 75.1 Å². The van der Waals surface area contributed by atoms with Crippen molar-refractivity contribution in [3.8, 4) is 0 Å². The van der Waals surface area contributed by atoms with Gasteiger partial charge < -0.3 is 26.0 Å². The normalized spacial score (nSPS) is 15.4. The highest BCUT2D eigenvalue weighted by atomic mass is 16.5. The van der Waals surface area contributed by atoms with Gasteiger partial charge in [-0.3, -0.25) is 9.59 Å². The first-order valence-corrected chi connectivity index (χ1v) is 17.5. The van der Waals surface area contributed by atoms with E-state index in [4.69, 9.17) is 9.85 Å². The van der Waals surface area contributed by atoms with Crippen LogP contribution in [-0.2, 0) is 14.3 Å². The fraction of sp³-hybridized carbons (Fsp3) is 0.300. The Morgan fingerprint density at radius 1 is 0.686 bits per heavy atom. The molecule has 1 amide bonds. The van der Waals surface area contributed by atoms with Crippen molar-refractivity contribution in [3.63, 3.8) is 0 Å². The molecule has 0 aromatic heterocycles. The van der Waals surface area contributed by atoms with Gasteiger partial charge in [0.1, 0.15) is 12.3 Å². The van der Waals surface area contributed by atoms with Crippen molar-refractivity contribution < 1.29 is 14.3 Å². The zero-order valence-corrected chi connectivity index (χ0v) is 29.3. The molecule has 4 N–H and O–H groups in total. The van der Waals surface area contributed by atoms with Gasteiger partial charge in [0, 0.05) is 51.9 Å². The maximum absolute atomic E-state index is 12.6. The van der Waals surface area contributed by atoms with Gasteiger partial charge in [-0.25, -0.2) is 0 Å². The van der Waals surface area contributed by atoms with Gasteiger partial charge in [0.15, 0.2) is 0 Å². The van der Waals surface area contributed by atoms with Crippen LogP contribution in [0.15, 0.2) is 118 Å². The molecule has 51 heavy (non-hydrogen) atoms. The Balaban J connectivity index is 1.08. The van der Waals surface area contributed by atoms with Gasteiger partial charge in [0.05, 0.1) is 29.2 Å². The van der Waals surface area contributed by atoms with E-state index < -0.39 is 11.6 Å². The number of rotatable bonds is 15. The van der Waals surface area contributed by atoms with Crippen molar-refractivity contribution in [3.05, 3.63) is 97.1 Å². The Hall–Kier alpha value is -5.68. The summed E-state index contributed by atoms with van der Waals surface area (Å²) in [6.07, 6.45) is 1.99. The van der Waals surface area contributed by atoms with Crippen LogP contribution in [0.4, 0.5) is 34.1 Å². The smallest absolute Gasteiger partial charge is 0.306 e. The number of hydrogen-bond acceptors (Lipinski definition) is 10. The average Bonchev–Trinajstić information content (AvgIpc) is 3.14. The molecule has 1 aliphatic heterocycles. The van der Waals surface area contributed by atoms with Gasteiger partial charge in [0.2, 0.25) is 5.91 Å². The largest absolute Gasteiger partial charge is 0.461 e. The average molecular weight is 685 g/mol. The molecule has 5 aromatic rings. The molecule has 0 saturated heterocycles. The molecule has 1 atom stereocenters. The lowest BCUT2D eigenvalue weighted by Crippen LogP contribution is -2.49. The number of hydrogen-bond donors (Lipinski definition) is 4. The molecule has 11 nitrogen and oxygen atoms in total. The second kappa shape index (κ2) is 16.4. The SMILES string of the molecule is CC(C)NCCCCNC(=O)CCC(=O)OCC1(C)Nc2cccc3c(N=Nc4ccc(N=Nc5ccccc5)c5ccccc45)ccc(c23)N1. The third kappa shape index (κ3) is 9.11. The number of esters is 1. The maximum Gasteiger partial charge on any atom is 0.306 e. The summed E-state index contributed by atoms with van der Waals surface area (Å²) in [4.78, 5) is 24.8. The molecular weight excluding hydrogens is 640 g/mol. The van der Waals surface area contributed by atoms with Gasteiger partial charge in [-0.05, 0) is 68.8 Å². The van der Waals surface area contributed by atoms with Gasteiger partial charge in [0.25, 0.3) is 0 Å². The summed E-state index contributed by atoms with van der Waals surface area (Å²) >= 11 is 0. The standard InChI is InChI=1S/C40H44N8O3/c1-27(2)41-24-9-10-25-42-37(49)22-23-38(50)51-26-40(3)43-35-17-11-16-31-34(20-21-36(44-40)39(31)35)48-47-33-19-18-32(29-14-7-8-15-30(29)33)46-45-28-12-5-4-6-13-28/h4-8,11-21,27,41,43-44H,9-10,22-26H2,1-3H3,(H,42,49). The van der Waals surface area contributed by atoms with Crippen molar-refractivity contribution >= 4 is 67.5 Å². The lowest BCUT2D eigenvalue weighted by atomic mass is 9.99. The highest BCUT2D eigenvalue weighted by molar-refractivity contribution is 6.10. The summed E-state index contributed by atoms with van der Waals surface area (Å²) < 4.78 is 5.62. The molecule has 6 rings (SSSR count). The first-order valence-electron chi connectivity index (χ1n) is 17.5. The van der Waals surface area contributed by atoms with Crippen LogP contribution in [0.2, 0.25) is 0 Å². The van der Waals surface area contributed by atoms with Gasteiger partial charge >= 0.3 is 5.97 Å². The van der Waals surface area contributed by atoms with Crippen LogP contribution >= 0.6 is 0 Å². The molecule has 1 unspecified atom stereocenters. The van der Waals surface area contributed by atoms with Crippen molar-refractivity contribution in [1.29, 1.82) is 0 Å². The Kier molecular flexibility index (Phi) is 11.3. The highest BCUT2D eigenvalue weighted by Gasteiger charge is 2.32. The molecule has 0 saturated carbocycles. The molecule has 5 aromatic carbocycles. The predicted molar refractivity (Wildman–Crippen MR) is 204 cm³/mol. The van der Waals surface area contributed by atoms with E-state index in [1.165, 1.54) is 0 Å². The zero-order valence-electron chi connectivity index (χ0n) is 29.3. The second-order valence-corrected chi connectivity index (χ2v) is 13.2. The number of azo groups is 2. The van der Waals surface area contributed by atoms with E-state index in [-0.39, 0.29) is 25.4 Å². The van der Waals surface area contributed by atoms with Crippen molar-refractivity contribution in [2.75, 3.05) is 30.3 Å². The first-order chi connectivity index (χ1) is 24.8. The topological polar surface area (TPSA) is 141 Å². The van der Waals surface area contributed by atoms with Crippen LogP contribution in [0.25, 0.3) is 21.5 Å². The number of unbranched alkanes of at least 4 members (excludes halogenated alkanes) is 1. The van der Waals surface area contributed by atoms with Gasteiger partial charge in [-0.2, -0.15) is 5.11 Å². The quantitative estimate of drug-likeness (QED) is 0.0492. The van der Waals surface area contributed by atoms with E-state index in [1.807, 2.05) is 104 Å². The Morgan fingerprint density at radius 3 is 1.98 bits per heavy atom. The van der Waals surface area contributed by atoms with E-state index in [9.17, 15) is 9.59 Å². The fourth-order valence-corrected chi connectivity index (χ4v) is 6.01. The third-order valence-corrected chi connectivity index (χ3v) is 8.57. The molecule has 0 fully saturated rings. The number of anilines is 2. The minimum Gasteiger partial charge on any atom is -0.461 e. The number of carbonyl (C=O) groups excluding carboxylic acids is 2. The lowest BCUT2D eigenvalue weighted by molar-refractivity contribution is -0.146. The molecular formula is C40H44N8O3. The molecule has 11 heteroatoms. The van der Waals surface area contributed by atoms with Crippen molar-refractivity contribution in [1.82, 2.24) is 10.6 Å². The number of carbonyl (C=O) groups is 2. The number of ether oxygens (including phenoxy) is 1. The van der Waals surface area contributed by atoms with Gasteiger partial charge in [-0.1, -0.05) is 68.4 Å². The van der Waals surface area contributed by atoms with Crippen molar-refractivity contribution in [2.45, 2.75) is 58.2 Å². The summed E-state index contributed by atoms with van der Waals surface area (Å²) in [5.74, 6) is -0.566. The molecule has 1 aliphatic rings. The molecule has 0 bridgehead atoms. The summed E-state index contributed by atoms with van der Waals surface area (Å²) in [6.45, 7) is 7.74. The first kappa shape index (κ1) is 35.2. The van der Waals surface area contributed by atoms with E-state index in [0.29, 0.717) is 12.6 Å². The minimum absolute atomic E-state index is 0.0210. The number of amides is 1. The van der Waals surface area contributed by atoms with Crippen LogP contribution in [-0.4, -0.2) is 43.3 Å². The molecule has 1 heterocycles. The third-order valence-electron chi connectivity index (χ3n) is 8.57. The van der Waals surface area contributed by atoms with E-state index >= 15 is 0 Å². The van der Waals surface area contributed by atoms with E-state index in [2.05, 4.69) is 50.5 Å². The van der Waals surface area contributed by atoms with Crippen LogP contribution in [0.5, 0.6) is 0 Å². The highest BCUT2D eigenvalue weighted by Crippen LogP contribution is 2.43. The molecule has 0 radical (unpaired) electrons. The van der Waals surface area contributed by atoms with Crippen LogP contribution in [0, 0.1) is 0 Å². The number of nitrogens with zero attached hydrogens (tertiary/aromatic N) is 4. The van der Waals surface area contributed by atoms with Crippen LogP contribution in [0.3, 0.4) is 0 Å². The zero-order chi connectivity index (χ0) is 35.6. The van der Waals surface area contributed by atoms with Crippen molar-refractivity contribution in [2.24, 2.45) is 20.5 Å². The van der Waals surface area contributed by atoms with Gasteiger partial charge in [-0.15, -0.1) is 15.3 Å².